The quantitative estimate of drug-likeness (QED) is 0.280. The van der Waals surface area contributed by atoms with Gasteiger partial charge in [0.05, 0.1) is 29.8 Å². The van der Waals surface area contributed by atoms with Crippen LogP contribution >= 0.6 is 0 Å². The van der Waals surface area contributed by atoms with Crippen LogP contribution in [-0.2, 0) is 6.18 Å². The SMILES string of the molecule is Cc1c(F)c(N)cc(-c2nc3c4c(nc(N5CC[C@H]5CC#N)nc4c2F)NCCNCC(C)C[C@H](C)O3)c1C(F)(F)F. The first kappa shape index (κ1) is 29.5. The number of hydrogen-bond acceptors (Lipinski definition) is 9. The van der Waals surface area contributed by atoms with E-state index < -0.39 is 52.0 Å². The Hall–Kier alpha value is -3.99. The Morgan fingerprint density at radius 2 is 1.93 bits per heavy atom. The highest BCUT2D eigenvalue weighted by Gasteiger charge is 2.39. The molecule has 0 spiro atoms. The zero-order chi connectivity index (χ0) is 30.3. The van der Waals surface area contributed by atoms with Gasteiger partial charge in [0.15, 0.2) is 5.82 Å². The molecule has 0 amide bonds. The van der Waals surface area contributed by atoms with Gasteiger partial charge in [-0.15, -0.1) is 0 Å². The number of rotatable bonds is 3. The molecule has 42 heavy (non-hydrogen) atoms. The van der Waals surface area contributed by atoms with Crippen LogP contribution in [0.4, 0.5) is 39.4 Å². The van der Waals surface area contributed by atoms with Gasteiger partial charge in [-0.05, 0) is 50.8 Å². The minimum Gasteiger partial charge on any atom is -0.474 e. The monoisotopic (exact) mass is 590 g/mol. The molecule has 1 unspecified atom stereocenters. The third-order valence-corrected chi connectivity index (χ3v) is 7.67. The number of nitrogens with zero attached hydrogens (tertiary/aromatic N) is 5. The van der Waals surface area contributed by atoms with Gasteiger partial charge in [0.2, 0.25) is 11.8 Å². The number of nitrogen functional groups attached to an aromatic ring is 1. The van der Waals surface area contributed by atoms with Gasteiger partial charge in [0, 0.05) is 31.2 Å². The maximum absolute atomic E-state index is 16.5. The third-order valence-electron chi connectivity index (χ3n) is 7.67. The highest BCUT2D eigenvalue weighted by molar-refractivity contribution is 5.97. The van der Waals surface area contributed by atoms with Crippen LogP contribution in [0.5, 0.6) is 5.88 Å². The van der Waals surface area contributed by atoms with Crippen molar-refractivity contribution >= 4 is 28.4 Å². The molecule has 1 fully saturated rings. The van der Waals surface area contributed by atoms with E-state index >= 15 is 4.39 Å². The number of aromatic nitrogens is 3. The smallest absolute Gasteiger partial charge is 0.417 e. The summed E-state index contributed by atoms with van der Waals surface area (Å²) in [4.78, 5) is 15.1. The Labute approximate surface area is 239 Å². The van der Waals surface area contributed by atoms with Crippen LogP contribution in [0.2, 0.25) is 0 Å². The fourth-order valence-corrected chi connectivity index (χ4v) is 5.55. The maximum atomic E-state index is 16.5. The molecule has 5 rings (SSSR count). The Morgan fingerprint density at radius 3 is 2.60 bits per heavy atom. The van der Waals surface area contributed by atoms with Crippen LogP contribution in [-0.4, -0.2) is 53.3 Å². The Balaban J connectivity index is 1.82. The minimum atomic E-state index is -5.05. The summed E-state index contributed by atoms with van der Waals surface area (Å²) in [7, 11) is 0. The molecule has 0 radical (unpaired) electrons. The number of halogens is 5. The molecule has 4 heterocycles. The predicted octanol–water partition coefficient (Wildman–Crippen LogP) is 5.18. The van der Waals surface area contributed by atoms with Crippen molar-refractivity contribution in [1.29, 1.82) is 5.26 Å². The summed E-state index contributed by atoms with van der Waals surface area (Å²) < 4.78 is 80.1. The number of alkyl halides is 3. The van der Waals surface area contributed by atoms with Gasteiger partial charge in [-0.25, -0.2) is 18.7 Å². The molecule has 1 aromatic carbocycles. The van der Waals surface area contributed by atoms with Gasteiger partial charge in [0.1, 0.15) is 28.2 Å². The summed E-state index contributed by atoms with van der Waals surface area (Å²) in [5.74, 6) is -2.07. The molecule has 3 atom stereocenters. The van der Waals surface area contributed by atoms with E-state index in [0.717, 1.165) is 13.0 Å². The largest absolute Gasteiger partial charge is 0.474 e. The summed E-state index contributed by atoms with van der Waals surface area (Å²) in [5, 5.41) is 15.8. The van der Waals surface area contributed by atoms with E-state index in [0.29, 0.717) is 39.0 Å². The number of nitrogens with one attached hydrogen (secondary N) is 2. The molecule has 14 heteroatoms. The van der Waals surface area contributed by atoms with Gasteiger partial charge in [-0.1, -0.05) is 6.92 Å². The third kappa shape index (κ3) is 5.45. The molecule has 4 N–H and O–H groups in total. The normalized spacial score (nSPS) is 21.4. The number of nitriles is 1. The first-order valence-electron chi connectivity index (χ1n) is 13.7. The topological polar surface area (TPSA) is 125 Å². The Kier molecular flexibility index (Phi) is 7.98. The van der Waals surface area contributed by atoms with Crippen molar-refractivity contribution in [3.05, 3.63) is 28.8 Å². The lowest BCUT2D eigenvalue weighted by molar-refractivity contribution is -0.137. The summed E-state index contributed by atoms with van der Waals surface area (Å²) >= 11 is 0. The lowest BCUT2D eigenvalue weighted by Gasteiger charge is -2.40. The molecule has 9 nitrogen and oxygen atoms in total. The van der Waals surface area contributed by atoms with E-state index in [2.05, 4.69) is 31.7 Å². The summed E-state index contributed by atoms with van der Waals surface area (Å²) in [6, 6.07) is 2.66. The molecule has 3 aromatic rings. The van der Waals surface area contributed by atoms with Crippen LogP contribution in [0.15, 0.2) is 6.07 Å². The number of nitrogens with two attached hydrogens (primary N) is 1. The van der Waals surface area contributed by atoms with E-state index in [9.17, 15) is 22.8 Å². The van der Waals surface area contributed by atoms with E-state index in [1.807, 2.05) is 6.92 Å². The standard InChI is InChI=1S/C28H31F5N8O/c1-13-10-14(2)42-26-19-24(22(30)23(38-26)17-11-18(35)21(29)15(3)20(17)28(31,32)33)39-27(41-9-5-16(41)4-6-34)40-25(19)37-8-7-36-12-13/h11,13-14,16,36H,4-5,7-10,12,35H2,1-3H3,(H,37,39,40)/t13?,14-,16+/m0/s1. The van der Waals surface area contributed by atoms with Gasteiger partial charge < -0.3 is 26.0 Å². The summed E-state index contributed by atoms with van der Waals surface area (Å²) in [6.07, 6.45) is -4.02. The molecular weight excluding hydrogens is 559 g/mol. The molecule has 2 aromatic heterocycles. The van der Waals surface area contributed by atoms with Crippen molar-refractivity contribution in [3.63, 3.8) is 0 Å². The first-order chi connectivity index (χ1) is 19.9. The average molecular weight is 591 g/mol. The van der Waals surface area contributed by atoms with Crippen LogP contribution in [0.1, 0.15) is 44.2 Å². The molecule has 0 saturated carbocycles. The van der Waals surface area contributed by atoms with Crippen molar-refractivity contribution < 1.29 is 26.7 Å². The van der Waals surface area contributed by atoms with Gasteiger partial charge >= 0.3 is 6.18 Å². The van der Waals surface area contributed by atoms with Crippen molar-refractivity contribution in [2.24, 2.45) is 5.92 Å². The summed E-state index contributed by atoms with van der Waals surface area (Å²) in [5.41, 5.74) is 1.22. The van der Waals surface area contributed by atoms with E-state index in [1.165, 1.54) is 0 Å². The van der Waals surface area contributed by atoms with Crippen molar-refractivity contribution in [3.8, 4) is 23.2 Å². The van der Waals surface area contributed by atoms with Gasteiger partial charge in [-0.2, -0.15) is 23.4 Å². The predicted molar refractivity (Wildman–Crippen MR) is 148 cm³/mol. The molecule has 1 saturated heterocycles. The zero-order valence-corrected chi connectivity index (χ0v) is 23.4. The van der Waals surface area contributed by atoms with E-state index in [4.69, 9.17) is 10.5 Å². The molecule has 224 valence electrons. The number of pyridine rings is 1. The first-order valence-corrected chi connectivity index (χ1v) is 13.7. The second kappa shape index (κ2) is 11.4. The molecular formula is C28H31F5N8O. The second-order valence-corrected chi connectivity index (χ2v) is 10.9. The van der Waals surface area contributed by atoms with Crippen molar-refractivity contribution in [1.82, 2.24) is 20.3 Å². The van der Waals surface area contributed by atoms with Crippen molar-refractivity contribution in [2.75, 3.05) is 42.1 Å². The molecule has 2 aliphatic heterocycles. The van der Waals surface area contributed by atoms with Crippen LogP contribution in [0, 0.1) is 35.8 Å². The van der Waals surface area contributed by atoms with Gasteiger partial charge in [-0.3, -0.25) is 0 Å². The molecule has 0 bridgehead atoms. The fraction of sp³-hybridized carbons (Fsp3) is 0.500. The Morgan fingerprint density at radius 1 is 1.17 bits per heavy atom. The number of ether oxygens (including phenoxy) is 1. The van der Waals surface area contributed by atoms with E-state index in [-0.39, 0.29) is 46.9 Å². The lowest BCUT2D eigenvalue weighted by Crippen LogP contribution is -2.48. The summed E-state index contributed by atoms with van der Waals surface area (Å²) in [6.45, 7) is 6.92. The second-order valence-electron chi connectivity index (χ2n) is 10.9. The van der Waals surface area contributed by atoms with Crippen LogP contribution < -0.4 is 26.0 Å². The number of benzene rings is 1. The zero-order valence-electron chi connectivity index (χ0n) is 23.4. The molecule has 0 aliphatic carbocycles. The fourth-order valence-electron chi connectivity index (χ4n) is 5.55. The average Bonchev–Trinajstić information content (AvgIpc) is 2.89. The maximum Gasteiger partial charge on any atom is 0.417 e. The highest BCUT2D eigenvalue weighted by Crippen LogP contribution is 2.45. The highest BCUT2D eigenvalue weighted by atomic mass is 19.4. The minimum absolute atomic E-state index is 0.0674. The lowest BCUT2D eigenvalue weighted by atomic mass is 9.96. The number of anilines is 3. The van der Waals surface area contributed by atoms with Crippen LogP contribution in [0.3, 0.4) is 0 Å². The molecule has 2 aliphatic rings. The number of hydrogen-bond donors (Lipinski definition) is 3. The van der Waals surface area contributed by atoms with E-state index in [1.54, 1.807) is 11.8 Å². The van der Waals surface area contributed by atoms with Gasteiger partial charge in [0.25, 0.3) is 0 Å². The van der Waals surface area contributed by atoms with Crippen molar-refractivity contribution in [2.45, 2.75) is 58.4 Å². The van der Waals surface area contributed by atoms with Crippen LogP contribution in [0.25, 0.3) is 22.2 Å². The Bertz CT molecular complexity index is 1560.